The molecule has 1 amide bonds. The molecule has 0 spiro atoms. The lowest BCUT2D eigenvalue weighted by atomic mass is 10.1. The summed E-state index contributed by atoms with van der Waals surface area (Å²) in [4.78, 5) is 35.6. The van der Waals surface area contributed by atoms with Crippen molar-refractivity contribution < 1.29 is 23.5 Å². The Labute approximate surface area is 154 Å². The largest absolute Gasteiger partial charge is 0.444 e. The molecule has 27 heavy (non-hydrogen) atoms. The Hall–Kier alpha value is -3.35. The number of nitrogens with one attached hydrogen (secondary N) is 1. The molecule has 140 valence electrons. The van der Waals surface area contributed by atoms with Gasteiger partial charge in [0.25, 0.3) is 0 Å². The number of benzene rings is 2. The topological polar surface area (TPSA) is 94.8 Å². The second-order valence-corrected chi connectivity index (χ2v) is 6.92. The second-order valence-electron chi connectivity index (χ2n) is 6.92. The van der Waals surface area contributed by atoms with Crippen molar-refractivity contribution in [2.45, 2.75) is 26.4 Å². The molecular weight excluding hydrogens is 350 g/mol. The van der Waals surface area contributed by atoms with Crippen LogP contribution in [0.3, 0.4) is 0 Å². The van der Waals surface area contributed by atoms with E-state index < -0.39 is 23.3 Å². The molecule has 0 aliphatic heterocycles. The zero-order valence-corrected chi connectivity index (χ0v) is 15.2. The SMILES string of the molecule is CC(C)(C)OC(=O)NCC(=O)Oc1ccc2c(c1)oc(=O)c1ccccc12. The van der Waals surface area contributed by atoms with E-state index in [1.54, 1.807) is 45.0 Å². The number of carbonyl (C=O) groups is 2. The van der Waals surface area contributed by atoms with E-state index in [-0.39, 0.29) is 12.3 Å². The van der Waals surface area contributed by atoms with Crippen LogP contribution < -0.4 is 15.7 Å². The predicted octanol–water partition coefficient (Wildman–Crippen LogP) is 3.38. The normalized spacial score (nSPS) is 11.4. The number of esters is 1. The number of rotatable bonds is 3. The van der Waals surface area contributed by atoms with Crippen molar-refractivity contribution in [1.82, 2.24) is 5.32 Å². The third kappa shape index (κ3) is 4.44. The molecule has 0 aliphatic carbocycles. The number of carbonyl (C=O) groups excluding carboxylic acids is 2. The predicted molar refractivity (Wildman–Crippen MR) is 99.9 cm³/mol. The van der Waals surface area contributed by atoms with Crippen LogP contribution in [-0.4, -0.2) is 24.2 Å². The quantitative estimate of drug-likeness (QED) is 0.329. The second kappa shape index (κ2) is 7.11. The van der Waals surface area contributed by atoms with Gasteiger partial charge >= 0.3 is 17.7 Å². The summed E-state index contributed by atoms with van der Waals surface area (Å²) in [6.07, 6.45) is -0.713. The van der Waals surface area contributed by atoms with Crippen LogP contribution in [0.5, 0.6) is 5.75 Å². The molecule has 0 saturated carbocycles. The monoisotopic (exact) mass is 369 g/mol. The Morgan fingerprint density at radius 2 is 1.74 bits per heavy atom. The van der Waals surface area contributed by atoms with Gasteiger partial charge < -0.3 is 19.2 Å². The molecule has 3 rings (SSSR count). The summed E-state index contributed by atoms with van der Waals surface area (Å²) < 4.78 is 15.5. The van der Waals surface area contributed by atoms with Crippen LogP contribution in [0.4, 0.5) is 4.79 Å². The average molecular weight is 369 g/mol. The molecule has 2 aromatic carbocycles. The first kappa shape index (κ1) is 18.4. The van der Waals surface area contributed by atoms with E-state index in [4.69, 9.17) is 13.9 Å². The number of amides is 1. The van der Waals surface area contributed by atoms with Crippen LogP contribution in [0.2, 0.25) is 0 Å². The first-order chi connectivity index (χ1) is 12.7. The average Bonchev–Trinajstić information content (AvgIpc) is 2.59. The molecule has 0 atom stereocenters. The van der Waals surface area contributed by atoms with Gasteiger partial charge in [0.1, 0.15) is 23.5 Å². The lowest BCUT2D eigenvalue weighted by Gasteiger charge is -2.19. The van der Waals surface area contributed by atoms with E-state index in [9.17, 15) is 14.4 Å². The van der Waals surface area contributed by atoms with Crippen LogP contribution in [0, 0.1) is 0 Å². The molecule has 0 aliphatic rings. The maximum Gasteiger partial charge on any atom is 0.408 e. The molecule has 0 radical (unpaired) electrons. The molecule has 0 unspecified atom stereocenters. The Balaban J connectivity index is 1.74. The molecule has 1 aromatic heterocycles. The lowest BCUT2D eigenvalue weighted by Crippen LogP contribution is -2.36. The standard InChI is InChI=1S/C20H19NO6/c1-20(2,3)27-19(24)21-11-17(22)25-12-8-9-14-13-6-4-5-7-15(13)18(23)26-16(14)10-12/h4-10H,11H2,1-3H3,(H,21,24). The van der Waals surface area contributed by atoms with Crippen LogP contribution in [0.15, 0.2) is 51.7 Å². The first-order valence-corrected chi connectivity index (χ1v) is 8.36. The summed E-state index contributed by atoms with van der Waals surface area (Å²) in [5.74, 6) is -0.472. The summed E-state index contributed by atoms with van der Waals surface area (Å²) in [6.45, 7) is 4.81. The van der Waals surface area contributed by atoms with E-state index >= 15 is 0 Å². The van der Waals surface area contributed by atoms with Crippen LogP contribution in [0.1, 0.15) is 20.8 Å². The van der Waals surface area contributed by atoms with Gasteiger partial charge in [-0.05, 0) is 44.4 Å². The zero-order chi connectivity index (χ0) is 19.6. The van der Waals surface area contributed by atoms with Gasteiger partial charge in [0, 0.05) is 11.5 Å². The fourth-order valence-electron chi connectivity index (χ4n) is 2.55. The molecular formula is C20H19NO6. The van der Waals surface area contributed by atoms with Crippen molar-refractivity contribution in [3.05, 3.63) is 52.9 Å². The lowest BCUT2D eigenvalue weighted by molar-refractivity contribution is -0.133. The summed E-state index contributed by atoms with van der Waals surface area (Å²) in [5, 5.41) is 4.29. The fourth-order valence-corrected chi connectivity index (χ4v) is 2.55. The van der Waals surface area contributed by atoms with Crippen LogP contribution >= 0.6 is 0 Å². The van der Waals surface area contributed by atoms with E-state index in [0.717, 1.165) is 10.8 Å². The number of hydrogen-bond donors (Lipinski definition) is 1. The molecule has 1 heterocycles. The van der Waals surface area contributed by atoms with Gasteiger partial charge in [0.15, 0.2) is 0 Å². The van der Waals surface area contributed by atoms with E-state index in [0.29, 0.717) is 11.0 Å². The van der Waals surface area contributed by atoms with Gasteiger partial charge in [0.05, 0.1) is 5.39 Å². The molecule has 1 N–H and O–H groups in total. The van der Waals surface area contributed by atoms with Gasteiger partial charge in [-0.15, -0.1) is 0 Å². The highest BCUT2D eigenvalue weighted by Gasteiger charge is 2.17. The third-order valence-corrected chi connectivity index (χ3v) is 3.60. The maximum absolute atomic E-state index is 12.1. The number of fused-ring (bicyclic) bond motifs is 3. The Morgan fingerprint density at radius 1 is 1.04 bits per heavy atom. The highest BCUT2D eigenvalue weighted by atomic mass is 16.6. The van der Waals surface area contributed by atoms with Crippen molar-refractivity contribution >= 4 is 33.8 Å². The molecule has 0 bridgehead atoms. The minimum absolute atomic E-state index is 0.205. The highest BCUT2D eigenvalue weighted by Crippen LogP contribution is 2.26. The van der Waals surface area contributed by atoms with Gasteiger partial charge in [0.2, 0.25) is 0 Å². The molecule has 0 fully saturated rings. The Morgan fingerprint density at radius 3 is 2.44 bits per heavy atom. The van der Waals surface area contributed by atoms with Gasteiger partial charge in [-0.3, -0.25) is 0 Å². The van der Waals surface area contributed by atoms with Crippen molar-refractivity contribution in [3.8, 4) is 5.75 Å². The van der Waals surface area contributed by atoms with Crippen LogP contribution in [0.25, 0.3) is 21.7 Å². The number of alkyl carbamates (subject to hydrolysis) is 1. The van der Waals surface area contributed by atoms with E-state index in [1.165, 1.54) is 6.07 Å². The molecule has 3 aromatic rings. The van der Waals surface area contributed by atoms with Crippen molar-refractivity contribution in [2.24, 2.45) is 0 Å². The maximum atomic E-state index is 12.1. The van der Waals surface area contributed by atoms with Gasteiger partial charge in [-0.25, -0.2) is 14.4 Å². The minimum atomic E-state index is -0.713. The Kier molecular flexibility index (Phi) is 4.85. The smallest absolute Gasteiger partial charge is 0.408 e. The fraction of sp³-hybridized carbons (Fsp3) is 0.250. The van der Waals surface area contributed by atoms with Crippen molar-refractivity contribution in [1.29, 1.82) is 0 Å². The summed E-state index contributed by atoms with van der Waals surface area (Å²) in [7, 11) is 0. The minimum Gasteiger partial charge on any atom is -0.444 e. The third-order valence-electron chi connectivity index (χ3n) is 3.60. The highest BCUT2D eigenvalue weighted by molar-refractivity contribution is 6.04. The van der Waals surface area contributed by atoms with E-state index in [1.807, 2.05) is 12.1 Å². The van der Waals surface area contributed by atoms with E-state index in [2.05, 4.69) is 5.32 Å². The number of ether oxygens (including phenoxy) is 2. The summed E-state index contributed by atoms with van der Waals surface area (Å²) >= 11 is 0. The van der Waals surface area contributed by atoms with Gasteiger partial charge in [-0.2, -0.15) is 0 Å². The molecule has 0 saturated heterocycles. The Bertz CT molecular complexity index is 1080. The summed E-state index contributed by atoms with van der Waals surface area (Å²) in [5.41, 5.74) is -0.815. The first-order valence-electron chi connectivity index (χ1n) is 8.36. The zero-order valence-electron chi connectivity index (χ0n) is 15.2. The van der Waals surface area contributed by atoms with Crippen molar-refractivity contribution in [3.63, 3.8) is 0 Å². The van der Waals surface area contributed by atoms with Crippen molar-refractivity contribution in [2.75, 3.05) is 6.54 Å². The van der Waals surface area contributed by atoms with Crippen LogP contribution in [-0.2, 0) is 9.53 Å². The molecule has 7 nitrogen and oxygen atoms in total. The number of hydrogen-bond acceptors (Lipinski definition) is 6. The molecule has 7 heteroatoms. The van der Waals surface area contributed by atoms with Gasteiger partial charge in [-0.1, -0.05) is 18.2 Å². The summed E-state index contributed by atoms with van der Waals surface area (Å²) in [6, 6.07) is 11.9.